The lowest BCUT2D eigenvalue weighted by Crippen LogP contribution is -2.39. The van der Waals surface area contributed by atoms with E-state index in [9.17, 15) is 4.79 Å². The predicted octanol–water partition coefficient (Wildman–Crippen LogP) is 1.58. The Hall–Kier alpha value is -0.610. The number of hydrogen-bond acceptors (Lipinski definition) is 3. The second-order valence-electron chi connectivity index (χ2n) is 4.79. The van der Waals surface area contributed by atoms with Crippen molar-refractivity contribution in [1.82, 2.24) is 0 Å². The van der Waals surface area contributed by atoms with E-state index in [4.69, 9.17) is 14.6 Å². The van der Waals surface area contributed by atoms with Gasteiger partial charge in [-0.15, -0.1) is 0 Å². The first kappa shape index (κ1) is 10.9. The zero-order valence-corrected chi connectivity index (χ0v) is 9.12. The van der Waals surface area contributed by atoms with Crippen LogP contribution in [0.15, 0.2) is 0 Å². The molecule has 0 radical (unpaired) electrons. The van der Waals surface area contributed by atoms with Gasteiger partial charge in [-0.05, 0) is 39.0 Å². The van der Waals surface area contributed by atoms with Crippen molar-refractivity contribution in [3.05, 3.63) is 0 Å². The van der Waals surface area contributed by atoms with Gasteiger partial charge in [0, 0.05) is 13.2 Å². The maximum atomic E-state index is 11.1. The minimum absolute atomic E-state index is 0.232. The number of carboxylic acid groups (broad SMARTS) is 1. The summed E-state index contributed by atoms with van der Waals surface area (Å²) in [5.74, 6) is -0.843. The van der Waals surface area contributed by atoms with Crippen molar-refractivity contribution in [2.75, 3.05) is 13.2 Å². The van der Waals surface area contributed by atoms with Crippen LogP contribution in [0, 0.1) is 0 Å². The largest absolute Gasteiger partial charge is 0.479 e. The third kappa shape index (κ3) is 2.01. The Morgan fingerprint density at radius 1 is 1.20 bits per heavy atom. The monoisotopic (exact) mass is 214 g/mol. The molecule has 0 aliphatic carbocycles. The highest BCUT2D eigenvalue weighted by Crippen LogP contribution is 2.43. The maximum absolute atomic E-state index is 11.1. The Labute approximate surface area is 89.6 Å². The molecule has 2 unspecified atom stereocenters. The molecule has 4 nitrogen and oxygen atoms in total. The van der Waals surface area contributed by atoms with E-state index in [-0.39, 0.29) is 5.60 Å². The van der Waals surface area contributed by atoms with Gasteiger partial charge in [0.2, 0.25) is 0 Å². The number of ether oxygens (including phenoxy) is 2. The first-order valence-electron chi connectivity index (χ1n) is 5.58. The van der Waals surface area contributed by atoms with Crippen LogP contribution in [-0.4, -0.2) is 35.5 Å². The van der Waals surface area contributed by atoms with Crippen molar-refractivity contribution in [2.45, 2.75) is 50.2 Å². The first-order chi connectivity index (χ1) is 7.06. The highest BCUT2D eigenvalue weighted by Gasteiger charge is 2.50. The molecule has 1 spiro atoms. The lowest BCUT2D eigenvalue weighted by molar-refractivity contribution is -0.172. The van der Waals surface area contributed by atoms with Gasteiger partial charge in [-0.3, -0.25) is 0 Å². The SMILES string of the molecule is CC1(C(=O)O)CCC2(CCCOCC2)O1. The molecule has 0 aromatic rings. The van der Waals surface area contributed by atoms with Crippen LogP contribution < -0.4 is 0 Å². The van der Waals surface area contributed by atoms with Gasteiger partial charge < -0.3 is 14.6 Å². The first-order valence-corrected chi connectivity index (χ1v) is 5.58. The topological polar surface area (TPSA) is 55.8 Å². The van der Waals surface area contributed by atoms with E-state index in [1.807, 2.05) is 0 Å². The maximum Gasteiger partial charge on any atom is 0.335 e. The molecule has 0 amide bonds. The second-order valence-corrected chi connectivity index (χ2v) is 4.79. The van der Waals surface area contributed by atoms with Crippen LogP contribution in [0.1, 0.15) is 39.0 Å². The molecule has 0 saturated carbocycles. The fraction of sp³-hybridized carbons (Fsp3) is 0.909. The molecular formula is C11H18O4. The number of aliphatic carboxylic acids is 1. The summed E-state index contributed by atoms with van der Waals surface area (Å²) in [5, 5.41) is 9.10. The molecule has 0 bridgehead atoms. The number of carbonyl (C=O) groups is 1. The van der Waals surface area contributed by atoms with Gasteiger partial charge in [-0.1, -0.05) is 0 Å². The average molecular weight is 214 g/mol. The van der Waals surface area contributed by atoms with Gasteiger partial charge >= 0.3 is 5.97 Å². The van der Waals surface area contributed by atoms with E-state index in [2.05, 4.69) is 0 Å². The predicted molar refractivity (Wildman–Crippen MR) is 53.8 cm³/mol. The molecule has 2 atom stereocenters. The van der Waals surface area contributed by atoms with Gasteiger partial charge in [0.05, 0.1) is 5.60 Å². The fourth-order valence-corrected chi connectivity index (χ4v) is 2.53. The molecule has 2 aliphatic rings. The van der Waals surface area contributed by atoms with Crippen molar-refractivity contribution in [1.29, 1.82) is 0 Å². The van der Waals surface area contributed by atoms with Gasteiger partial charge in [0.15, 0.2) is 5.60 Å². The minimum Gasteiger partial charge on any atom is -0.479 e. The van der Waals surface area contributed by atoms with Crippen LogP contribution in [0.4, 0.5) is 0 Å². The van der Waals surface area contributed by atoms with Crippen molar-refractivity contribution >= 4 is 5.97 Å². The molecule has 15 heavy (non-hydrogen) atoms. The van der Waals surface area contributed by atoms with Crippen LogP contribution >= 0.6 is 0 Å². The Balaban J connectivity index is 2.09. The van der Waals surface area contributed by atoms with Gasteiger partial charge in [0.25, 0.3) is 0 Å². The minimum atomic E-state index is -0.982. The Morgan fingerprint density at radius 3 is 2.67 bits per heavy atom. The van der Waals surface area contributed by atoms with E-state index < -0.39 is 11.6 Å². The van der Waals surface area contributed by atoms with E-state index >= 15 is 0 Å². The summed E-state index contributed by atoms with van der Waals surface area (Å²) in [4.78, 5) is 11.1. The van der Waals surface area contributed by atoms with Crippen LogP contribution in [-0.2, 0) is 14.3 Å². The normalized spacial score (nSPS) is 41.7. The van der Waals surface area contributed by atoms with E-state index in [0.717, 1.165) is 32.3 Å². The third-order valence-corrected chi connectivity index (χ3v) is 3.57. The average Bonchev–Trinajstić information content (AvgIpc) is 2.39. The van der Waals surface area contributed by atoms with E-state index in [0.29, 0.717) is 13.0 Å². The summed E-state index contributed by atoms with van der Waals surface area (Å²) in [6.45, 7) is 3.14. The van der Waals surface area contributed by atoms with Crippen LogP contribution in [0.5, 0.6) is 0 Å². The Morgan fingerprint density at radius 2 is 2.00 bits per heavy atom. The highest BCUT2D eigenvalue weighted by molar-refractivity contribution is 5.77. The fourth-order valence-electron chi connectivity index (χ4n) is 2.53. The molecular weight excluding hydrogens is 196 g/mol. The lowest BCUT2D eigenvalue weighted by atomic mass is 9.90. The van der Waals surface area contributed by atoms with Crippen molar-refractivity contribution in [3.63, 3.8) is 0 Å². The van der Waals surface area contributed by atoms with Crippen molar-refractivity contribution in [2.24, 2.45) is 0 Å². The zero-order chi connectivity index (χ0) is 10.9. The lowest BCUT2D eigenvalue weighted by Gasteiger charge is -2.29. The Kier molecular flexibility index (Phi) is 2.73. The number of carboxylic acids is 1. The summed E-state index contributed by atoms with van der Waals surface area (Å²) in [6, 6.07) is 0. The molecule has 86 valence electrons. The third-order valence-electron chi connectivity index (χ3n) is 3.57. The van der Waals surface area contributed by atoms with Crippen molar-refractivity contribution < 1.29 is 19.4 Å². The van der Waals surface area contributed by atoms with Crippen LogP contribution in [0.25, 0.3) is 0 Å². The number of rotatable bonds is 1. The quantitative estimate of drug-likeness (QED) is 0.720. The summed E-state index contributed by atoms with van der Waals surface area (Å²) < 4.78 is 11.2. The second kappa shape index (κ2) is 3.76. The van der Waals surface area contributed by atoms with Gasteiger partial charge in [0.1, 0.15) is 0 Å². The molecule has 0 aromatic carbocycles. The molecule has 2 heterocycles. The summed E-state index contributed by atoms with van der Waals surface area (Å²) in [7, 11) is 0. The molecule has 2 saturated heterocycles. The number of hydrogen-bond donors (Lipinski definition) is 1. The Bertz CT molecular complexity index is 255. The molecule has 0 aromatic heterocycles. The molecule has 1 N–H and O–H groups in total. The zero-order valence-electron chi connectivity index (χ0n) is 9.12. The van der Waals surface area contributed by atoms with Gasteiger partial charge in [-0.25, -0.2) is 4.79 Å². The molecule has 2 aliphatic heterocycles. The summed E-state index contributed by atoms with van der Waals surface area (Å²) >= 11 is 0. The standard InChI is InChI=1S/C11H18O4/c1-10(9(12)13)4-5-11(15-10)3-2-7-14-8-6-11/h2-8H2,1H3,(H,12,13). The smallest absolute Gasteiger partial charge is 0.335 e. The van der Waals surface area contributed by atoms with Gasteiger partial charge in [-0.2, -0.15) is 0 Å². The summed E-state index contributed by atoms with van der Waals surface area (Å²) in [6.07, 6.45) is 4.18. The summed E-state index contributed by atoms with van der Waals surface area (Å²) in [5.41, 5.74) is -1.21. The molecule has 2 fully saturated rings. The van der Waals surface area contributed by atoms with Crippen LogP contribution in [0.2, 0.25) is 0 Å². The van der Waals surface area contributed by atoms with Crippen LogP contribution in [0.3, 0.4) is 0 Å². The van der Waals surface area contributed by atoms with E-state index in [1.54, 1.807) is 6.92 Å². The van der Waals surface area contributed by atoms with E-state index in [1.165, 1.54) is 0 Å². The molecule has 2 rings (SSSR count). The van der Waals surface area contributed by atoms with Crippen molar-refractivity contribution in [3.8, 4) is 0 Å². The highest BCUT2D eigenvalue weighted by atomic mass is 16.6. The molecule has 4 heteroatoms.